The lowest BCUT2D eigenvalue weighted by Gasteiger charge is -2.02. The zero-order valence-corrected chi connectivity index (χ0v) is 15.8. The van der Waals surface area contributed by atoms with Crippen LogP contribution in [0.25, 0.3) is 0 Å². The fraction of sp³-hybridized carbons (Fsp3) is 0.950. The number of hydrogen-bond donors (Lipinski definition) is 1. The molecule has 0 spiro atoms. The van der Waals surface area contributed by atoms with Crippen LogP contribution in [0.3, 0.4) is 0 Å². The Hall–Kier alpha value is -0.530. The van der Waals surface area contributed by atoms with E-state index in [-0.39, 0.29) is 5.92 Å². The number of carboxylic acid groups (broad SMARTS) is 1. The number of hydrogen-bond acceptors (Lipinski definition) is 1. The van der Waals surface area contributed by atoms with Crippen LogP contribution < -0.4 is 0 Å². The van der Waals surface area contributed by atoms with Crippen LogP contribution in [0, 0.1) is 5.92 Å². The Morgan fingerprint density at radius 3 is 0.955 bits per heavy atom. The summed E-state index contributed by atoms with van der Waals surface area (Å²) >= 11 is 0. The van der Waals surface area contributed by atoms with Crippen LogP contribution in [0.15, 0.2) is 0 Å². The molecule has 0 aliphatic carbocycles. The van der Waals surface area contributed by atoms with Crippen LogP contribution in [0.5, 0.6) is 0 Å². The molecule has 0 amide bonds. The van der Waals surface area contributed by atoms with Gasteiger partial charge in [0.15, 0.2) is 0 Å². The summed E-state index contributed by atoms with van der Waals surface area (Å²) in [6, 6.07) is 0. The first-order valence-electron chi connectivity index (χ1n) is 9.79. The molecule has 0 saturated heterocycles. The molecule has 134 valence electrons. The zero-order chi connectivity index (χ0) is 17.1. The van der Waals surface area contributed by atoms with E-state index in [1.165, 1.54) is 89.9 Å². The van der Waals surface area contributed by atoms with Gasteiger partial charge in [-0.1, -0.05) is 118 Å². The van der Waals surface area contributed by atoms with Crippen molar-refractivity contribution in [2.45, 2.75) is 118 Å². The van der Waals surface area contributed by atoms with Gasteiger partial charge < -0.3 is 5.11 Å². The molecule has 0 aliphatic heterocycles. The van der Waals surface area contributed by atoms with E-state index in [1.54, 1.807) is 13.8 Å². The topological polar surface area (TPSA) is 37.3 Å². The van der Waals surface area contributed by atoms with E-state index in [1.807, 2.05) is 0 Å². The van der Waals surface area contributed by atoms with Crippen LogP contribution in [0.4, 0.5) is 0 Å². The van der Waals surface area contributed by atoms with Crippen molar-refractivity contribution in [2.24, 2.45) is 5.92 Å². The minimum absolute atomic E-state index is 0.231. The molecule has 0 fully saturated rings. The predicted octanol–water partition coefficient (Wildman–Crippen LogP) is 7.21. The molecule has 0 aromatic rings. The molecule has 22 heavy (non-hydrogen) atoms. The lowest BCUT2D eigenvalue weighted by Crippen LogP contribution is -2.03. The molecule has 0 aromatic carbocycles. The first-order chi connectivity index (χ1) is 10.6. The average Bonchev–Trinajstić information content (AvgIpc) is 2.49. The lowest BCUT2D eigenvalue weighted by molar-refractivity contribution is -0.140. The Balaban J connectivity index is 0. The molecule has 0 aliphatic rings. The van der Waals surface area contributed by atoms with E-state index < -0.39 is 5.97 Å². The van der Waals surface area contributed by atoms with Crippen molar-refractivity contribution in [2.75, 3.05) is 0 Å². The monoisotopic (exact) mass is 314 g/mol. The van der Waals surface area contributed by atoms with Gasteiger partial charge in [0.1, 0.15) is 0 Å². The van der Waals surface area contributed by atoms with Gasteiger partial charge in [-0.25, -0.2) is 0 Å². The fourth-order valence-corrected chi connectivity index (χ4v) is 2.27. The Kier molecular flexibility index (Phi) is 22.1. The highest BCUT2D eigenvalue weighted by Gasteiger charge is 1.99. The van der Waals surface area contributed by atoms with Crippen LogP contribution in [-0.2, 0) is 4.79 Å². The molecule has 0 radical (unpaired) electrons. The Bertz CT molecular complexity index is 198. The molecule has 0 aromatic heterocycles. The average molecular weight is 315 g/mol. The summed E-state index contributed by atoms with van der Waals surface area (Å²) < 4.78 is 0. The van der Waals surface area contributed by atoms with E-state index in [4.69, 9.17) is 5.11 Å². The predicted molar refractivity (Wildman–Crippen MR) is 98.5 cm³/mol. The fourth-order valence-electron chi connectivity index (χ4n) is 2.27. The van der Waals surface area contributed by atoms with Crippen LogP contribution >= 0.6 is 0 Å². The SMILES string of the molecule is CC(C)C(=O)O.CCCCCCCCCCCCCCCC. The normalized spacial score (nSPS) is 10.4. The van der Waals surface area contributed by atoms with Gasteiger partial charge in [-0.3, -0.25) is 4.79 Å². The maximum Gasteiger partial charge on any atom is 0.305 e. The molecular weight excluding hydrogens is 272 g/mol. The maximum atomic E-state index is 9.70. The van der Waals surface area contributed by atoms with Gasteiger partial charge >= 0.3 is 5.97 Å². The van der Waals surface area contributed by atoms with Gasteiger partial charge in [-0.2, -0.15) is 0 Å². The van der Waals surface area contributed by atoms with Crippen LogP contribution in [0.1, 0.15) is 118 Å². The second-order valence-corrected chi connectivity index (χ2v) is 6.74. The van der Waals surface area contributed by atoms with Crippen molar-refractivity contribution in [3.8, 4) is 0 Å². The molecule has 0 atom stereocenters. The van der Waals surface area contributed by atoms with Gasteiger partial charge in [0.2, 0.25) is 0 Å². The van der Waals surface area contributed by atoms with Crippen molar-refractivity contribution >= 4 is 5.97 Å². The highest BCUT2D eigenvalue weighted by molar-refractivity contribution is 5.68. The Labute approximate surface area is 140 Å². The quantitative estimate of drug-likeness (QED) is 0.344. The molecule has 0 saturated carbocycles. The summed E-state index contributed by atoms with van der Waals surface area (Å²) in [4.78, 5) is 9.70. The molecule has 0 rings (SSSR count). The zero-order valence-electron chi connectivity index (χ0n) is 15.8. The highest BCUT2D eigenvalue weighted by Crippen LogP contribution is 2.12. The van der Waals surface area contributed by atoms with E-state index >= 15 is 0 Å². The summed E-state index contributed by atoms with van der Waals surface area (Å²) in [7, 11) is 0. The summed E-state index contributed by atoms with van der Waals surface area (Å²) in [5.41, 5.74) is 0. The summed E-state index contributed by atoms with van der Waals surface area (Å²) in [6.07, 6.45) is 20.4. The van der Waals surface area contributed by atoms with Gasteiger partial charge in [-0.15, -0.1) is 0 Å². The second-order valence-electron chi connectivity index (χ2n) is 6.74. The van der Waals surface area contributed by atoms with Crippen molar-refractivity contribution in [3.05, 3.63) is 0 Å². The molecule has 2 nitrogen and oxygen atoms in total. The highest BCUT2D eigenvalue weighted by atomic mass is 16.4. The van der Waals surface area contributed by atoms with Crippen LogP contribution in [-0.4, -0.2) is 11.1 Å². The van der Waals surface area contributed by atoms with Crippen molar-refractivity contribution in [3.63, 3.8) is 0 Å². The number of rotatable bonds is 14. The minimum atomic E-state index is -0.741. The number of unbranched alkanes of at least 4 members (excludes halogenated alkanes) is 13. The molecular formula is C20H42O2. The summed E-state index contributed by atoms with van der Waals surface area (Å²) in [5, 5.41) is 7.99. The molecule has 0 bridgehead atoms. The third kappa shape index (κ3) is 24.5. The van der Waals surface area contributed by atoms with E-state index in [2.05, 4.69) is 13.8 Å². The van der Waals surface area contributed by atoms with Crippen LogP contribution in [0.2, 0.25) is 0 Å². The van der Waals surface area contributed by atoms with Gasteiger partial charge in [-0.05, 0) is 0 Å². The Morgan fingerprint density at radius 2 is 0.818 bits per heavy atom. The minimum Gasteiger partial charge on any atom is -0.481 e. The summed E-state index contributed by atoms with van der Waals surface area (Å²) in [6.45, 7) is 7.86. The van der Waals surface area contributed by atoms with Gasteiger partial charge in [0, 0.05) is 0 Å². The van der Waals surface area contributed by atoms with Crippen molar-refractivity contribution in [1.29, 1.82) is 0 Å². The number of aliphatic carboxylic acids is 1. The van der Waals surface area contributed by atoms with Gasteiger partial charge in [0.05, 0.1) is 5.92 Å². The first-order valence-corrected chi connectivity index (χ1v) is 9.79. The van der Waals surface area contributed by atoms with Crippen molar-refractivity contribution in [1.82, 2.24) is 0 Å². The standard InChI is InChI=1S/C16H34.C4H8O2/c1-3-5-7-9-11-13-15-16-14-12-10-8-6-4-2;1-3(2)4(5)6/h3-16H2,1-2H3;3H,1-2H3,(H,5,6). The molecule has 0 unspecified atom stereocenters. The van der Waals surface area contributed by atoms with E-state index in [9.17, 15) is 4.79 Å². The second kappa shape index (κ2) is 20.5. The Morgan fingerprint density at radius 1 is 0.636 bits per heavy atom. The van der Waals surface area contributed by atoms with E-state index in [0.29, 0.717) is 0 Å². The summed E-state index contributed by atoms with van der Waals surface area (Å²) in [5.74, 6) is -0.972. The van der Waals surface area contributed by atoms with Crippen molar-refractivity contribution < 1.29 is 9.90 Å². The number of carboxylic acids is 1. The number of carbonyl (C=O) groups is 1. The first kappa shape index (κ1) is 23.7. The smallest absolute Gasteiger partial charge is 0.305 e. The third-order valence-corrected chi connectivity index (χ3v) is 3.95. The van der Waals surface area contributed by atoms with E-state index in [0.717, 1.165) is 0 Å². The largest absolute Gasteiger partial charge is 0.481 e. The van der Waals surface area contributed by atoms with Gasteiger partial charge in [0.25, 0.3) is 0 Å². The lowest BCUT2D eigenvalue weighted by atomic mass is 10.0. The molecule has 0 heterocycles. The molecule has 1 N–H and O–H groups in total. The third-order valence-electron chi connectivity index (χ3n) is 3.95. The molecule has 2 heteroatoms. The maximum absolute atomic E-state index is 9.70.